The van der Waals surface area contributed by atoms with Crippen molar-refractivity contribution in [3.05, 3.63) is 23.4 Å². The summed E-state index contributed by atoms with van der Waals surface area (Å²) in [6.07, 6.45) is 1.45. The Kier molecular flexibility index (Phi) is 2.88. The smallest absolute Gasteiger partial charge is 0.329 e. The summed E-state index contributed by atoms with van der Waals surface area (Å²) in [4.78, 5) is 18.6. The molecule has 0 fully saturated rings. The summed E-state index contributed by atoms with van der Waals surface area (Å²) < 4.78 is 0. The largest absolute Gasteiger partial charge is 0.342 e. The van der Waals surface area contributed by atoms with E-state index in [1.807, 2.05) is 0 Å². The van der Waals surface area contributed by atoms with Gasteiger partial charge in [-0.05, 0) is 12.1 Å². The van der Waals surface area contributed by atoms with Gasteiger partial charge in [-0.3, -0.25) is 4.79 Å². The Hall–Kier alpha value is -1.29. The third kappa shape index (κ3) is 2.75. The van der Waals surface area contributed by atoms with Crippen molar-refractivity contribution in [2.45, 2.75) is 6.92 Å². The first-order valence-corrected chi connectivity index (χ1v) is 3.61. The molecular formula is C7H7ClN2O2. The molecule has 1 aromatic heterocycles. The van der Waals surface area contributed by atoms with Gasteiger partial charge in [-0.2, -0.15) is 0 Å². The number of halogens is 1. The summed E-state index contributed by atoms with van der Waals surface area (Å²) in [7, 11) is 0. The average molecular weight is 187 g/mol. The maximum absolute atomic E-state index is 10.3. The molecule has 5 heteroatoms. The van der Waals surface area contributed by atoms with Gasteiger partial charge in [-0.25, -0.2) is 10.5 Å². The van der Waals surface area contributed by atoms with Crippen LogP contribution in [0.3, 0.4) is 0 Å². The maximum atomic E-state index is 10.3. The molecule has 1 aromatic rings. The minimum absolute atomic E-state index is 0.424. The van der Waals surface area contributed by atoms with Crippen LogP contribution in [0.25, 0.3) is 0 Å². The number of anilines is 1. The fraction of sp³-hybridized carbons (Fsp3) is 0.143. The number of nitrogens with one attached hydrogen (secondary N) is 1. The minimum Gasteiger partial charge on any atom is -0.342 e. The first-order chi connectivity index (χ1) is 5.68. The molecule has 0 spiro atoms. The third-order valence-corrected chi connectivity index (χ3v) is 1.25. The van der Waals surface area contributed by atoms with E-state index in [4.69, 9.17) is 11.6 Å². The first kappa shape index (κ1) is 8.80. The fourth-order valence-electron chi connectivity index (χ4n) is 0.560. The summed E-state index contributed by atoms with van der Waals surface area (Å²) in [5, 5.41) is 0.531. The second kappa shape index (κ2) is 3.92. The topological polar surface area (TPSA) is 51.2 Å². The maximum Gasteiger partial charge on any atom is 0.329 e. The van der Waals surface area contributed by atoms with E-state index in [2.05, 4.69) is 15.3 Å². The van der Waals surface area contributed by atoms with Crippen LogP contribution >= 0.6 is 11.6 Å². The second-order valence-electron chi connectivity index (χ2n) is 2.06. The number of pyridine rings is 1. The predicted molar refractivity (Wildman–Crippen MR) is 44.6 cm³/mol. The van der Waals surface area contributed by atoms with Gasteiger partial charge in [0.25, 0.3) is 0 Å². The molecule has 0 aliphatic carbocycles. The van der Waals surface area contributed by atoms with Crippen molar-refractivity contribution < 1.29 is 9.63 Å². The van der Waals surface area contributed by atoms with E-state index in [1.54, 1.807) is 12.1 Å². The molecule has 0 amide bonds. The molecule has 0 radical (unpaired) electrons. The van der Waals surface area contributed by atoms with Crippen molar-refractivity contribution in [1.82, 2.24) is 4.98 Å². The molecule has 0 bridgehead atoms. The predicted octanol–water partition coefficient (Wildman–Crippen LogP) is 1.62. The lowest BCUT2D eigenvalue weighted by molar-refractivity contribution is -0.138. The Morgan fingerprint density at radius 2 is 2.42 bits per heavy atom. The zero-order valence-corrected chi connectivity index (χ0v) is 7.13. The van der Waals surface area contributed by atoms with Crippen molar-refractivity contribution in [3.8, 4) is 0 Å². The number of carbonyl (C=O) groups excluding carboxylic acids is 1. The molecule has 12 heavy (non-hydrogen) atoms. The van der Waals surface area contributed by atoms with Crippen LogP contribution in [0.15, 0.2) is 18.3 Å². The molecule has 0 saturated heterocycles. The van der Waals surface area contributed by atoms with Gasteiger partial charge in [-0.1, -0.05) is 11.6 Å². The van der Waals surface area contributed by atoms with Crippen LogP contribution in [0.5, 0.6) is 0 Å². The number of carbonyl (C=O) groups is 1. The van der Waals surface area contributed by atoms with E-state index in [1.165, 1.54) is 13.1 Å². The lowest BCUT2D eigenvalue weighted by atomic mass is 10.5. The number of hydrogen-bond donors (Lipinski definition) is 1. The Bertz CT molecular complexity index is 273. The summed E-state index contributed by atoms with van der Waals surface area (Å²) >= 11 is 5.58. The minimum atomic E-state index is -0.424. The van der Waals surface area contributed by atoms with Crippen LogP contribution in [0.2, 0.25) is 5.02 Å². The van der Waals surface area contributed by atoms with Crippen molar-refractivity contribution in [3.63, 3.8) is 0 Å². The summed E-state index contributed by atoms with van der Waals surface area (Å²) in [5.74, 6) is 0.0151. The highest BCUT2D eigenvalue weighted by Gasteiger charge is 1.95. The highest BCUT2D eigenvalue weighted by Crippen LogP contribution is 2.08. The number of nitrogens with zero attached hydrogens (tertiary/aromatic N) is 1. The Morgan fingerprint density at radius 3 is 2.92 bits per heavy atom. The summed E-state index contributed by atoms with van der Waals surface area (Å²) in [6.45, 7) is 1.29. The van der Waals surface area contributed by atoms with Crippen LogP contribution in [-0.2, 0) is 9.63 Å². The molecule has 4 nitrogen and oxygen atoms in total. The van der Waals surface area contributed by atoms with Crippen LogP contribution in [0, 0.1) is 0 Å². The molecule has 0 atom stereocenters. The van der Waals surface area contributed by atoms with E-state index in [0.717, 1.165) is 0 Å². The Labute approximate surface area is 74.5 Å². The summed E-state index contributed by atoms with van der Waals surface area (Å²) in [5.41, 5.74) is 2.35. The van der Waals surface area contributed by atoms with Gasteiger partial charge in [0.15, 0.2) is 5.82 Å². The molecule has 1 N–H and O–H groups in total. The van der Waals surface area contributed by atoms with Crippen LogP contribution in [-0.4, -0.2) is 11.0 Å². The first-order valence-electron chi connectivity index (χ1n) is 3.23. The average Bonchev–Trinajstić information content (AvgIpc) is 2.03. The molecule has 0 aliphatic rings. The zero-order valence-electron chi connectivity index (χ0n) is 6.37. The third-order valence-electron chi connectivity index (χ3n) is 1.03. The normalized spacial score (nSPS) is 9.17. The van der Waals surface area contributed by atoms with Crippen molar-refractivity contribution >= 4 is 23.4 Å². The molecule has 0 unspecified atom stereocenters. The number of rotatable bonds is 2. The van der Waals surface area contributed by atoms with E-state index in [9.17, 15) is 4.79 Å². The van der Waals surface area contributed by atoms with Crippen LogP contribution < -0.4 is 5.48 Å². The van der Waals surface area contributed by atoms with E-state index in [0.29, 0.717) is 10.8 Å². The Balaban J connectivity index is 2.53. The van der Waals surface area contributed by atoms with Gasteiger partial charge in [0.1, 0.15) is 0 Å². The SMILES string of the molecule is CC(=O)ONc1ccc(Cl)cn1. The van der Waals surface area contributed by atoms with Gasteiger partial charge in [-0.15, -0.1) is 0 Å². The van der Waals surface area contributed by atoms with Gasteiger partial charge < -0.3 is 4.84 Å². The lowest BCUT2D eigenvalue weighted by Gasteiger charge is -2.02. The van der Waals surface area contributed by atoms with Crippen molar-refractivity contribution in [2.24, 2.45) is 0 Å². The van der Waals surface area contributed by atoms with E-state index >= 15 is 0 Å². The molecule has 0 aliphatic heterocycles. The zero-order chi connectivity index (χ0) is 8.97. The molecule has 64 valence electrons. The fourth-order valence-corrected chi connectivity index (χ4v) is 0.672. The molecule has 0 saturated carbocycles. The lowest BCUT2D eigenvalue weighted by Crippen LogP contribution is -2.06. The second-order valence-corrected chi connectivity index (χ2v) is 2.49. The highest BCUT2D eigenvalue weighted by molar-refractivity contribution is 6.30. The van der Waals surface area contributed by atoms with Gasteiger partial charge in [0.2, 0.25) is 0 Å². The quantitative estimate of drug-likeness (QED) is 0.714. The number of aromatic nitrogens is 1. The van der Waals surface area contributed by atoms with Gasteiger partial charge in [0.05, 0.1) is 5.02 Å². The Morgan fingerprint density at radius 1 is 1.67 bits per heavy atom. The molecule has 1 rings (SSSR count). The van der Waals surface area contributed by atoms with Crippen LogP contribution in [0.1, 0.15) is 6.92 Å². The van der Waals surface area contributed by atoms with E-state index < -0.39 is 5.97 Å². The van der Waals surface area contributed by atoms with Gasteiger partial charge in [0, 0.05) is 13.1 Å². The number of hydrogen-bond acceptors (Lipinski definition) is 4. The summed E-state index contributed by atoms with van der Waals surface area (Å²) in [6, 6.07) is 3.24. The molecule has 1 heterocycles. The molecule has 0 aromatic carbocycles. The van der Waals surface area contributed by atoms with E-state index in [-0.39, 0.29) is 0 Å². The van der Waals surface area contributed by atoms with Crippen molar-refractivity contribution in [1.29, 1.82) is 0 Å². The standard InChI is InChI=1S/C7H7ClN2O2/c1-5(11)12-10-7-3-2-6(8)4-9-7/h2-4H,1H3,(H,9,10). The highest BCUT2D eigenvalue weighted by atomic mass is 35.5. The van der Waals surface area contributed by atoms with Gasteiger partial charge >= 0.3 is 5.97 Å². The molecular weight excluding hydrogens is 180 g/mol. The van der Waals surface area contributed by atoms with Crippen molar-refractivity contribution in [2.75, 3.05) is 5.48 Å². The monoisotopic (exact) mass is 186 g/mol. The van der Waals surface area contributed by atoms with Crippen LogP contribution in [0.4, 0.5) is 5.82 Å².